The van der Waals surface area contributed by atoms with Gasteiger partial charge >= 0.3 is 0 Å². The van der Waals surface area contributed by atoms with Crippen LogP contribution in [-0.4, -0.2) is 15.8 Å². The van der Waals surface area contributed by atoms with Gasteiger partial charge in [0.05, 0.1) is 0 Å². The van der Waals surface area contributed by atoms with Crippen molar-refractivity contribution in [1.29, 1.82) is 5.41 Å². The Morgan fingerprint density at radius 3 is 2.80 bits per heavy atom. The molecule has 4 heteroatoms. The fourth-order valence-electron chi connectivity index (χ4n) is 0.526. The van der Waals surface area contributed by atoms with E-state index in [1.54, 1.807) is 6.07 Å². The van der Waals surface area contributed by atoms with E-state index < -0.39 is 0 Å². The van der Waals surface area contributed by atoms with Gasteiger partial charge in [-0.15, -0.1) is 0 Å². The van der Waals surface area contributed by atoms with Gasteiger partial charge in [0.15, 0.2) is 11.7 Å². The molecule has 0 spiro atoms. The Hall–Kier alpha value is -1.45. The van der Waals surface area contributed by atoms with Gasteiger partial charge in [0.2, 0.25) is 0 Å². The molecule has 4 nitrogen and oxygen atoms in total. The highest BCUT2D eigenvalue weighted by molar-refractivity contribution is 5.91. The van der Waals surface area contributed by atoms with Crippen LogP contribution in [0, 0.1) is 12.3 Å². The number of nitrogen functional groups attached to an aromatic ring is 1. The van der Waals surface area contributed by atoms with Crippen LogP contribution in [0.3, 0.4) is 0 Å². The Labute approximate surface area is 58.6 Å². The van der Waals surface area contributed by atoms with Crippen LogP contribution in [-0.2, 0) is 0 Å². The molecule has 0 aromatic carbocycles. The maximum absolute atomic E-state index is 6.96. The predicted octanol–water partition coefficient (Wildman–Crippen LogP) is -0.0571. The van der Waals surface area contributed by atoms with Gasteiger partial charge in [-0.05, 0) is 13.0 Å². The Balaban J connectivity index is 3.07. The van der Waals surface area contributed by atoms with Gasteiger partial charge < -0.3 is 5.73 Å². The fourth-order valence-corrected chi connectivity index (χ4v) is 0.526. The number of hydrogen-bond acceptors (Lipinski definition) is 3. The Bertz CT molecular complexity index is 256. The molecule has 0 aliphatic heterocycles. The van der Waals surface area contributed by atoms with Gasteiger partial charge in [0, 0.05) is 11.9 Å². The van der Waals surface area contributed by atoms with Gasteiger partial charge in [-0.25, -0.2) is 9.97 Å². The van der Waals surface area contributed by atoms with Crippen LogP contribution in [0.5, 0.6) is 0 Å². The van der Waals surface area contributed by atoms with Crippen molar-refractivity contribution in [3.05, 3.63) is 30.7 Å². The van der Waals surface area contributed by atoms with Crippen LogP contribution >= 0.6 is 0 Å². The summed E-state index contributed by atoms with van der Waals surface area (Å²) in [6, 6.07) is 1.65. The van der Waals surface area contributed by atoms with Crippen LogP contribution < -0.4 is 5.73 Å². The second kappa shape index (κ2) is 2.43. The minimum absolute atomic E-state index is 0.134. The van der Waals surface area contributed by atoms with Crippen molar-refractivity contribution in [2.75, 3.05) is 0 Å². The quantitative estimate of drug-likeness (QED) is 0.418. The number of nitrogens with zero attached hydrogens (tertiary/aromatic N) is 2. The summed E-state index contributed by atoms with van der Waals surface area (Å²) in [6.45, 7) is 3.56. The summed E-state index contributed by atoms with van der Waals surface area (Å²) < 4.78 is 0. The third kappa shape index (κ3) is 1.28. The summed E-state index contributed by atoms with van der Waals surface area (Å²) in [6.07, 6.45) is 1.52. The molecule has 0 unspecified atom stereocenters. The lowest BCUT2D eigenvalue weighted by Gasteiger charge is -1.94. The predicted molar refractivity (Wildman–Crippen MR) is 37.5 cm³/mol. The van der Waals surface area contributed by atoms with E-state index in [0.717, 1.165) is 0 Å². The van der Waals surface area contributed by atoms with Crippen molar-refractivity contribution in [3.8, 4) is 0 Å². The average molecular weight is 135 g/mol. The van der Waals surface area contributed by atoms with Crippen LogP contribution in [0.15, 0.2) is 12.3 Å². The van der Waals surface area contributed by atoms with Crippen LogP contribution in [0.2, 0.25) is 0 Å². The molecule has 0 saturated heterocycles. The van der Waals surface area contributed by atoms with Gasteiger partial charge in [-0.2, -0.15) is 0 Å². The van der Waals surface area contributed by atoms with E-state index >= 15 is 0 Å². The minimum Gasteiger partial charge on any atom is -0.381 e. The number of amidine groups is 1. The maximum atomic E-state index is 6.96. The highest BCUT2D eigenvalue weighted by atomic mass is 14.9. The molecule has 10 heavy (non-hydrogen) atoms. The fraction of sp³-hybridized carbons (Fsp3) is 0. The lowest BCUT2D eigenvalue weighted by Crippen LogP contribution is -2.15. The van der Waals surface area contributed by atoms with Crippen LogP contribution in [0.1, 0.15) is 11.5 Å². The van der Waals surface area contributed by atoms with Crippen molar-refractivity contribution >= 4 is 5.84 Å². The van der Waals surface area contributed by atoms with Crippen molar-refractivity contribution in [2.45, 2.75) is 0 Å². The summed E-state index contributed by atoms with van der Waals surface area (Å²) in [5.74, 6) is 0.0954. The second-order valence-corrected chi connectivity index (χ2v) is 1.79. The van der Waals surface area contributed by atoms with E-state index in [1.807, 2.05) is 0 Å². The molecule has 3 N–H and O–H groups in total. The molecule has 0 bridgehead atoms. The molecular weight excluding hydrogens is 128 g/mol. The third-order valence-electron chi connectivity index (χ3n) is 0.954. The van der Waals surface area contributed by atoms with Gasteiger partial charge in [0.1, 0.15) is 0 Å². The summed E-state index contributed by atoms with van der Waals surface area (Å²) >= 11 is 0. The molecule has 1 heterocycles. The molecule has 0 atom stereocenters. The summed E-state index contributed by atoms with van der Waals surface area (Å²) in [5.41, 5.74) is 5.68. The summed E-state index contributed by atoms with van der Waals surface area (Å²) in [7, 11) is 0. The molecule has 0 saturated carbocycles. The average Bonchev–Trinajstić information content (AvgIpc) is 1.88. The summed E-state index contributed by atoms with van der Waals surface area (Å²) in [5, 5.41) is 6.96. The SMILES string of the molecule is [CH2]c1ccnc(C(=N)N)n1. The monoisotopic (exact) mass is 135 g/mol. The zero-order chi connectivity index (χ0) is 7.56. The molecule has 1 radical (unpaired) electrons. The lowest BCUT2D eigenvalue weighted by atomic mass is 10.4. The topological polar surface area (TPSA) is 75.7 Å². The lowest BCUT2D eigenvalue weighted by molar-refractivity contribution is 1.09. The number of hydrogen-bond donors (Lipinski definition) is 2. The first-order valence-corrected chi connectivity index (χ1v) is 2.69. The van der Waals surface area contributed by atoms with Gasteiger partial charge in [-0.1, -0.05) is 0 Å². The van der Waals surface area contributed by atoms with E-state index in [9.17, 15) is 0 Å². The number of nitrogens with one attached hydrogen (secondary N) is 1. The van der Waals surface area contributed by atoms with E-state index in [2.05, 4.69) is 16.9 Å². The van der Waals surface area contributed by atoms with Crippen LogP contribution in [0.25, 0.3) is 0 Å². The van der Waals surface area contributed by atoms with Crippen molar-refractivity contribution in [2.24, 2.45) is 5.73 Å². The maximum Gasteiger partial charge on any atom is 0.194 e. The van der Waals surface area contributed by atoms with E-state index in [-0.39, 0.29) is 11.7 Å². The third-order valence-corrected chi connectivity index (χ3v) is 0.954. The zero-order valence-corrected chi connectivity index (χ0v) is 5.33. The van der Waals surface area contributed by atoms with E-state index in [1.165, 1.54) is 6.20 Å². The molecular formula is C6H7N4. The second-order valence-electron chi connectivity index (χ2n) is 1.79. The Morgan fingerprint density at radius 2 is 2.40 bits per heavy atom. The minimum atomic E-state index is -0.134. The zero-order valence-electron chi connectivity index (χ0n) is 5.33. The highest BCUT2D eigenvalue weighted by Crippen LogP contribution is 1.90. The van der Waals surface area contributed by atoms with Gasteiger partial charge in [0.25, 0.3) is 0 Å². The van der Waals surface area contributed by atoms with Crippen molar-refractivity contribution < 1.29 is 0 Å². The van der Waals surface area contributed by atoms with Crippen molar-refractivity contribution in [3.63, 3.8) is 0 Å². The first kappa shape index (κ1) is 6.67. The smallest absolute Gasteiger partial charge is 0.194 e. The largest absolute Gasteiger partial charge is 0.381 e. The summed E-state index contributed by atoms with van der Waals surface area (Å²) in [4.78, 5) is 7.54. The van der Waals surface area contributed by atoms with E-state index in [4.69, 9.17) is 11.1 Å². The number of nitrogens with two attached hydrogens (primary N) is 1. The number of rotatable bonds is 1. The first-order chi connectivity index (χ1) is 4.70. The highest BCUT2D eigenvalue weighted by Gasteiger charge is 1.97. The van der Waals surface area contributed by atoms with E-state index in [0.29, 0.717) is 5.69 Å². The standard InChI is InChI=1S/C6H7N4/c1-4-2-3-9-6(10-4)5(7)8/h2-3H,1H2,(H3,7,8). The van der Waals surface area contributed by atoms with Crippen molar-refractivity contribution in [1.82, 2.24) is 9.97 Å². The van der Waals surface area contributed by atoms with Gasteiger partial charge in [-0.3, -0.25) is 5.41 Å². The Morgan fingerprint density at radius 1 is 1.70 bits per heavy atom. The van der Waals surface area contributed by atoms with Crippen LogP contribution in [0.4, 0.5) is 0 Å². The molecule has 1 aromatic heterocycles. The first-order valence-electron chi connectivity index (χ1n) is 2.69. The molecule has 0 aliphatic carbocycles. The molecule has 1 aromatic rings. The normalized spacial score (nSPS) is 9.30. The Kier molecular flexibility index (Phi) is 1.62. The molecule has 0 amide bonds. The molecule has 1 rings (SSSR count). The molecule has 51 valence electrons. The molecule has 0 fully saturated rings. The molecule has 0 aliphatic rings. The number of aromatic nitrogens is 2.